The standard InChI is InChI=1S/C13H21NO4S2/c1-17-12-5-4-10(8-13(12)18-2)11(14)9-19-6-7-20(3,15)16/h4-5,8,11H,6-7,9,14H2,1-3H3. The maximum Gasteiger partial charge on any atom is 0.161 e. The van der Waals surface area contributed by atoms with Gasteiger partial charge in [0.05, 0.1) is 20.0 Å². The molecule has 0 saturated carbocycles. The first-order valence-corrected chi connectivity index (χ1v) is 9.32. The van der Waals surface area contributed by atoms with E-state index in [1.807, 2.05) is 18.2 Å². The SMILES string of the molecule is COc1ccc(C(N)CSCCS(C)(=O)=O)cc1OC. The summed E-state index contributed by atoms with van der Waals surface area (Å²) in [6.07, 6.45) is 1.24. The molecule has 1 aromatic rings. The molecule has 2 N–H and O–H groups in total. The van der Waals surface area contributed by atoms with Crippen LogP contribution in [0.4, 0.5) is 0 Å². The van der Waals surface area contributed by atoms with E-state index in [0.29, 0.717) is 23.0 Å². The van der Waals surface area contributed by atoms with E-state index in [2.05, 4.69) is 0 Å². The number of nitrogens with two attached hydrogens (primary N) is 1. The van der Waals surface area contributed by atoms with Crippen LogP contribution in [0.2, 0.25) is 0 Å². The molecule has 5 nitrogen and oxygen atoms in total. The van der Waals surface area contributed by atoms with Gasteiger partial charge >= 0.3 is 0 Å². The molecule has 114 valence electrons. The summed E-state index contributed by atoms with van der Waals surface area (Å²) in [7, 11) is 0.255. The number of benzene rings is 1. The fourth-order valence-electron chi connectivity index (χ4n) is 1.60. The van der Waals surface area contributed by atoms with Crippen LogP contribution in [0.25, 0.3) is 0 Å². The van der Waals surface area contributed by atoms with Crippen LogP contribution in [0.5, 0.6) is 11.5 Å². The minimum absolute atomic E-state index is 0.167. The predicted octanol–water partition coefficient (Wildman–Crippen LogP) is 1.48. The molecule has 1 aromatic carbocycles. The highest BCUT2D eigenvalue weighted by Crippen LogP contribution is 2.30. The molecule has 0 aliphatic rings. The van der Waals surface area contributed by atoms with Gasteiger partial charge < -0.3 is 15.2 Å². The van der Waals surface area contributed by atoms with Crippen LogP contribution in [0.1, 0.15) is 11.6 Å². The van der Waals surface area contributed by atoms with Crippen LogP contribution in [0, 0.1) is 0 Å². The van der Waals surface area contributed by atoms with Crippen LogP contribution in [0.15, 0.2) is 18.2 Å². The summed E-state index contributed by atoms with van der Waals surface area (Å²) >= 11 is 1.53. The lowest BCUT2D eigenvalue weighted by Gasteiger charge is -2.14. The molecule has 0 aliphatic heterocycles. The molecule has 1 atom stereocenters. The van der Waals surface area contributed by atoms with Crippen molar-refractivity contribution >= 4 is 21.6 Å². The number of thioether (sulfide) groups is 1. The molecule has 20 heavy (non-hydrogen) atoms. The van der Waals surface area contributed by atoms with Gasteiger partial charge in [0.2, 0.25) is 0 Å². The first kappa shape index (κ1) is 17.1. The molecule has 0 spiro atoms. The van der Waals surface area contributed by atoms with Gasteiger partial charge in [0, 0.05) is 23.8 Å². The molecule has 1 rings (SSSR count). The van der Waals surface area contributed by atoms with Crippen molar-refractivity contribution in [3.05, 3.63) is 23.8 Å². The first-order chi connectivity index (χ1) is 9.37. The summed E-state index contributed by atoms with van der Waals surface area (Å²) in [6, 6.07) is 5.39. The zero-order valence-corrected chi connectivity index (χ0v) is 13.6. The smallest absolute Gasteiger partial charge is 0.161 e. The van der Waals surface area contributed by atoms with Gasteiger partial charge in [-0.05, 0) is 17.7 Å². The Morgan fingerprint density at radius 2 is 1.90 bits per heavy atom. The number of ether oxygens (including phenoxy) is 2. The molecule has 0 amide bonds. The highest BCUT2D eigenvalue weighted by Gasteiger charge is 2.11. The summed E-state index contributed by atoms with van der Waals surface area (Å²) in [5.74, 6) is 2.69. The van der Waals surface area contributed by atoms with Crippen LogP contribution in [-0.4, -0.2) is 46.2 Å². The maximum absolute atomic E-state index is 11.0. The summed E-state index contributed by atoms with van der Waals surface area (Å²) in [5.41, 5.74) is 7.03. The van der Waals surface area contributed by atoms with Gasteiger partial charge in [0.25, 0.3) is 0 Å². The number of hydrogen-bond acceptors (Lipinski definition) is 6. The third-order valence-electron chi connectivity index (χ3n) is 2.73. The van der Waals surface area contributed by atoms with E-state index in [9.17, 15) is 8.42 Å². The van der Waals surface area contributed by atoms with Gasteiger partial charge in [-0.1, -0.05) is 6.07 Å². The van der Waals surface area contributed by atoms with Crippen LogP contribution >= 0.6 is 11.8 Å². The fraction of sp³-hybridized carbons (Fsp3) is 0.538. The fourth-order valence-corrected chi connectivity index (χ4v) is 3.90. The minimum Gasteiger partial charge on any atom is -0.493 e. The summed E-state index contributed by atoms with van der Waals surface area (Å²) in [4.78, 5) is 0. The summed E-state index contributed by atoms with van der Waals surface area (Å²) < 4.78 is 32.4. The van der Waals surface area contributed by atoms with Gasteiger partial charge in [0.1, 0.15) is 9.84 Å². The monoisotopic (exact) mass is 319 g/mol. The second-order valence-electron chi connectivity index (χ2n) is 4.43. The molecular weight excluding hydrogens is 298 g/mol. The molecule has 0 bridgehead atoms. The lowest BCUT2D eigenvalue weighted by atomic mass is 10.1. The largest absolute Gasteiger partial charge is 0.493 e. The van der Waals surface area contributed by atoms with E-state index in [1.165, 1.54) is 18.0 Å². The Hall–Kier alpha value is -0.920. The first-order valence-electron chi connectivity index (χ1n) is 6.10. The van der Waals surface area contributed by atoms with Crippen molar-refractivity contribution < 1.29 is 17.9 Å². The molecule has 1 unspecified atom stereocenters. The topological polar surface area (TPSA) is 78.6 Å². The Labute approximate surface area is 124 Å². The van der Waals surface area contributed by atoms with Crippen LogP contribution in [-0.2, 0) is 9.84 Å². The molecule has 0 fully saturated rings. The van der Waals surface area contributed by atoms with E-state index in [0.717, 1.165) is 5.56 Å². The molecule has 0 aromatic heterocycles. The molecular formula is C13H21NO4S2. The van der Waals surface area contributed by atoms with E-state index in [1.54, 1.807) is 14.2 Å². The second kappa shape index (κ2) is 7.75. The Morgan fingerprint density at radius 3 is 2.45 bits per heavy atom. The molecule has 0 aliphatic carbocycles. The van der Waals surface area contributed by atoms with E-state index >= 15 is 0 Å². The lowest BCUT2D eigenvalue weighted by Crippen LogP contribution is -2.14. The summed E-state index contributed by atoms with van der Waals surface area (Å²) in [5, 5.41) is 0. The van der Waals surface area contributed by atoms with E-state index in [4.69, 9.17) is 15.2 Å². The Balaban J connectivity index is 2.57. The Kier molecular flexibility index (Phi) is 6.64. The normalized spacial score (nSPS) is 13.0. The van der Waals surface area contributed by atoms with Crippen molar-refractivity contribution in [1.82, 2.24) is 0 Å². The summed E-state index contributed by atoms with van der Waals surface area (Å²) in [6.45, 7) is 0. The zero-order chi connectivity index (χ0) is 15.2. The van der Waals surface area contributed by atoms with E-state index < -0.39 is 9.84 Å². The number of methoxy groups -OCH3 is 2. The minimum atomic E-state index is -2.90. The predicted molar refractivity (Wildman–Crippen MR) is 83.5 cm³/mol. The van der Waals surface area contributed by atoms with Crippen molar-refractivity contribution in [3.63, 3.8) is 0 Å². The second-order valence-corrected chi connectivity index (χ2v) is 7.84. The van der Waals surface area contributed by atoms with Gasteiger partial charge in [0.15, 0.2) is 11.5 Å². The lowest BCUT2D eigenvalue weighted by molar-refractivity contribution is 0.354. The molecule has 0 radical (unpaired) electrons. The quantitative estimate of drug-likeness (QED) is 0.731. The molecule has 0 heterocycles. The van der Waals surface area contributed by atoms with Crippen molar-refractivity contribution in [2.45, 2.75) is 6.04 Å². The Bertz CT molecular complexity index is 531. The molecule has 7 heteroatoms. The third-order valence-corrected chi connectivity index (χ3v) is 5.02. The third kappa shape index (κ3) is 5.60. The average Bonchev–Trinajstić information content (AvgIpc) is 2.41. The van der Waals surface area contributed by atoms with Crippen molar-refractivity contribution in [1.29, 1.82) is 0 Å². The number of rotatable bonds is 8. The highest BCUT2D eigenvalue weighted by atomic mass is 32.2. The van der Waals surface area contributed by atoms with E-state index in [-0.39, 0.29) is 11.8 Å². The number of hydrogen-bond donors (Lipinski definition) is 1. The van der Waals surface area contributed by atoms with Gasteiger partial charge in [-0.3, -0.25) is 0 Å². The van der Waals surface area contributed by atoms with Gasteiger partial charge in [-0.2, -0.15) is 11.8 Å². The zero-order valence-electron chi connectivity index (χ0n) is 12.0. The average molecular weight is 319 g/mol. The maximum atomic E-state index is 11.0. The number of sulfone groups is 1. The Morgan fingerprint density at radius 1 is 1.25 bits per heavy atom. The highest BCUT2D eigenvalue weighted by molar-refractivity contribution is 8.00. The van der Waals surface area contributed by atoms with Gasteiger partial charge in [-0.25, -0.2) is 8.42 Å². The molecule has 0 saturated heterocycles. The van der Waals surface area contributed by atoms with Crippen molar-refractivity contribution in [2.24, 2.45) is 5.73 Å². The van der Waals surface area contributed by atoms with Crippen LogP contribution < -0.4 is 15.2 Å². The van der Waals surface area contributed by atoms with Crippen molar-refractivity contribution in [3.8, 4) is 11.5 Å². The van der Waals surface area contributed by atoms with Gasteiger partial charge in [-0.15, -0.1) is 0 Å². The van der Waals surface area contributed by atoms with Crippen molar-refractivity contribution in [2.75, 3.05) is 37.7 Å². The van der Waals surface area contributed by atoms with Crippen LogP contribution in [0.3, 0.4) is 0 Å².